The Bertz CT molecular complexity index is 1360. The van der Waals surface area contributed by atoms with Gasteiger partial charge in [0.05, 0.1) is 29.7 Å². The van der Waals surface area contributed by atoms with Crippen LogP contribution in [-0.4, -0.2) is 22.4 Å². The van der Waals surface area contributed by atoms with E-state index in [9.17, 15) is 4.79 Å². The summed E-state index contributed by atoms with van der Waals surface area (Å²) >= 11 is 6.26. The summed E-state index contributed by atoms with van der Waals surface area (Å²) in [4.78, 5) is 23.3. The number of aromatic amines is 1. The highest BCUT2D eigenvalue weighted by molar-refractivity contribution is 6.30. The molecular formula is C28H24ClN5O. The Balaban J connectivity index is 1.51. The number of aromatic nitrogens is 2. The van der Waals surface area contributed by atoms with Crippen LogP contribution in [-0.2, 0) is 17.6 Å². The van der Waals surface area contributed by atoms with E-state index in [1.54, 1.807) is 12.5 Å². The van der Waals surface area contributed by atoms with E-state index in [4.69, 9.17) is 16.9 Å². The van der Waals surface area contributed by atoms with Crippen LogP contribution in [0, 0.1) is 11.3 Å². The van der Waals surface area contributed by atoms with Crippen LogP contribution in [0.25, 0.3) is 0 Å². The Morgan fingerprint density at radius 1 is 1.14 bits per heavy atom. The highest BCUT2D eigenvalue weighted by Gasteiger charge is 2.33. The molecule has 2 N–H and O–H groups in total. The van der Waals surface area contributed by atoms with Gasteiger partial charge in [0, 0.05) is 23.5 Å². The smallest absolute Gasteiger partial charge is 0.248 e. The van der Waals surface area contributed by atoms with Crippen LogP contribution in [0.4, 0.5) is 5.69 Å². The third-order valence-corrected chi connectivity index (χ3v) is 6.62. The number of carbonyl (C=O) groups excluding carboxylic acids is 1. The van der Waals surface area contributed by atoms with Crippen LogP contribution in [0.15, 0.2) is 85.3 Å². The normalized spacial score (nSPS) is 16.3. The summed E-state index contributed by atoms with van der Waals surface area (Å²) in [5, 5.41) is 13.4. The van der Waals surface area contributed by atoms with Gasteiger partial charge in [0.1, 0.15) is 6.04 Å². The first-order chi connectivity index (χ1) is 17.1. The second-order valence-corrected chi connectivity index (χ2v) is 9.03. The van der Waals surface area contributed by atoms with Gasteiger partial charge in [0.25, 0.3) is 0 Å². The first kappa shape index (κ1) is 22.9. The minimum absolute atomic E-state index is 0.0263. The van der Waals surface area contributed by atoms with Crippen molar-refractivity contribution < 1.29 is 4.79 Å². The monoisotopic (exact) mass is 481 g/mol. The molecule has 3 aromatic carbocycles. The molecule has 1 aliphatic rings. The van der Waals surface area contributed by atoms with Crippen LogP contribution in [0.3, 0.4) is 0 Å². The van der Waals surface area contributed by atoms with Crippen LogP contribution in [0.5, 0.6) is 0 Å². The minimum atomic E-state index is -0.556. The molecule has 7 heteroatoms. The number of carbonyl (C=O) groups is 1. The zero-order chi connectivity index (χ0) is 24.2. The summed E-state index contributed by atoms with van der Waals surface area (Å²) in [6.45, 7) is 0.568. The molecular weight excluding hydrogens is 458 g/mol. The summed E-state index contributed by atoms with van der Waals surface area (Å²) in [6, 6.07) is 24.4. The number of hydrogen-bond acceptors (Lipinski definition) is 4. The van der Waals surface area contributed by atoms with Crippen LogP contribution in [0.1, 0.15) is 40.0 Å². The molecule has 0 bridgehead atoms. The zero-order valence-corrected chi connectivity index (χ0v) is 19.7. The van der Waals surface area contributed by atoms with Gasteiger partial charge in [0.2, 0.25) is 5.91 Å². The number of nitrogens with zero attached hydrogens (tertiary/aromatic N) is 3. The molecule has 1 aliphatic heterocycles. The number of amides is 1. The highest BCUT2D eigenvalue weighted by Crippen LogP contribution is 2.32. The Labute approximate surface area is 209 Å². The largest absolute Gasteiger partial charge is 0.347 e. The lowest BCUT2D eigenvalue weighted by molar-refractivity contribution is -0.120. The average molecular weight is 482 g/mol. The lowest BCUT2D eigenvalue weighted by Crippen LogP contribution is -2.42. The predicted octanol–water partition coefficient (Wildman–Crippen LogP) is 5.14. The third kappa shape index (κ3) is 4.97. The highest BCUT2D eigenvalue weighted by atomic mass is 35.5. The SMILES string of the molecule is N#Cc1ccc(CC(NC2C(=O)N(c3cccc(Cl)c3)CCc3ccccc32)c2cnc[nH]2)cc1. The molecule has 35 heavy (non-hydrogen) atoms. The predicted molar refractivity (Wildman–Crippen MR) is 136 cm³/mol. The number of anilines is 1. The van der Waals surface area contributed by atoms with Gasteiger partial charge in [0.15, 0.2) is 0 Å². The Morgan fingerprint density at radius 2 is 1.97 bits per heavy atom. The zero-order valence-electron chi connectivity index (χ0n) is 19.0. The molecule has 6 nitrogen and oxygen atoms in total. The molecule has 0 fully saturated rings. The summed E-state index contributed by atoms with van der Waals surface area (Å²) in [7, 11) is 0. The number of nitrogens with one attached hydrogen (secondary N) is 2. The van der Waals surface area contributed by atoms with E-state index in [-0.39, 0.29) is 11.9 Å². The van der Waals surface area contributed by atoms with Crippen molar-refractivity contribution in [2.45, 2.75) is 24.9 Å². The fraction of sp³-hybridized carbons (Fsp3) is 0.179. The van der Waals surface area contributed by atoms with Crippen molar-refractivity contribution in [3.05, 3.63) is 118 Å². The van der Waals surface area contributed by atoms with Crippen LogP contribution in [0.2, 0.25) is 5.02 Å². The van der Waals surface area contributed by atoms with Gasteiger partial charge in [-0.05, 0) is 59.9 Å². The number of rotatable bonds is 6. The van der Waals surface area contributed by atoms with Crippen molar-refractivity contribution >= 4 is 23.2 Å². The Kier molecular flexibility index (Phi) is 6.62. The molecule has 0 radical (unpaired) electrons. The molecule has 2 heterocycles. The summed E-state index contributed by atoms with van der Waals surface area (Å²) in [6.07, 6.45) is 4.79. The second-order valence-electron chi connectivity index (χ2n) is 8.59. The van der Waals surface area contributed by atoms with Crippen molar-refractivity contribution in [1.29, 1.82) is 5.26 Å². The van der Waals surface area contributed by atoms with Gasteiger partial charge in [-0.25, -0.2) is 4.98 Å². The van der Waals surface area contributed by atoms with Crippen molar-refractivity contribution in [2.75, 3.05) is 11.4 Å². The molecule has 0 spiro atoms. The molecule has 2 unspecified atom stereocenters. The number of hydrogen-bond donors (Lipinski definition) is 2. The number of fused-ring (bicyclic) bond motifs is 1. The van der Waals surface area contributed by atoms with Crippen LogP contribution < -0.4 is 10.2 Å². The third-order valence-electron chi connectivity index (χ3n) is 6.39. The number of H-pyrrole nitrogens is 1. The summed E-state index contributed by atoms with van der Waals surface area (Å²) in [5.74, 6) is -0.0263. The van der Waals surface area contributed by atoms with E-state index in [0.29, 0.717) is 23.6 Å². The summed E-state index contributed by atoms with van der Waals surface area (Å²) < 4.78 is 0. The van der Waals surface area contributed by atoms with Gasteiger partial charge < -0.3 is 9.88 Å². The molecule has 5 rings (SSSR count). The lowest BCUT2D eigenvalue weighted by Gasteiger charge is -2.29. The molecule has 0 aliphatic carbocycles. The number of halogens is 1. The van der Waals surface area contributed by atoms with E-state index in [2.05, 4.69) is 27.4 Å². The van der Waals surface area contributed by atoms with Gasteiger partial charge >= 0.3 is 0 Å². The van der Waals surface area contributed by atoms with Crippen molar-refractivity contribution in [2.24, 2.45) is 0 Å². The van der Waals surface area contributed by atoms with E-state index in [1.807, 2.05) is 71.6 Å². The van der Waals surface area contributed by atoms with Gasteiger partial charge in [-0.15, -0.1) is 0 Å². The molecule has 4 aromatic rings. The molecule has 1 aromatic heterocycles. The maximum atomic E-state index is 14.0. The van der Waals surface area contributed by atoms with Gasteiger partial charge in [-0.2, -0.15) is 5.26 Å². The fourth-order valence-corrected chi connectivity index (χ4v) is 4.79. The number of benzene rings is 3. The standard InChI is InChI=1S/C28H24ClN5O/c29-22-5-3-6-23(15-22)34-13-12-21-4-1-2-7-24(21)27(28(34)35)33-25(26-17-31-18-32-26)14-19-8-10-20(16-30)11-9-19/h1-11,15,17-18,25,27,33H,12-14H2,(H,31,32). The van der Waals surface area contributed by atoms with Crippen molar-refractivity contribution in [3.63, 3.8) is 0 Å². The molecule has 174 valence electrons. The van der Waals surface area contributed by atoms with Crippen LogP contribution >= 0.6 is 11.6 Å². The van der Waals surface area contributed by atoms with E-state index < -0.39 is 6.04 Å². The van der Waals surface area contributed by atoms with Crippen molar-refractivity contribution in [3.8, 4) is 6.07 Å². The lowest BCUT2D eigenvalue weighted by atomic mass is 9.96. The Hall–Kier alpha value is -3.92. The maximum Gasteiger partial charge on any atom is 0.248 e. The quantitative estimate of drug-likeness (QED) is 0.399. The van der Waals surface area contributed by atoms with Gasteiger partial charge in [-0.1, -0.05) is 54.1 Å². The van der Waals surface area contributed by atoms with E-state index in [0.717, 1.165) is 34.5 Å². The van der Waals surface area contributed by atoms with Crippen molar-refractivity contribution in [1.82, 2.24) is 15.3 Å². The fourth-order valence-electron chi connectivity index (χ4n) is 4.60. The average Bonchev–Trinajstić information content (AvgIpc) is 3.38. The molecule has 1 amide bonds. The first-order valence-electron chi connectivity index (χ1n) is 11.5. The van der Waals surface area contributed by atoms with E-state index >= 15 is 0 Å². The number of imidazole rings is 1. The van der Waals surface area contributed by atoms with Gasteiger partial charge in [-0.3, -0.25) is 10.1 Å². The second kappa shape index (κ2) is 10.1. The van der Waals surface area contributed by atoms with E-state index in [1.165, 1.54) is 0 Å². The topological polar surface area (TPSA) is 84.8 Å². The Morgan fingerprint density at radius 3 is 2.71 bits per heavy atom. The maximum absolute atomic E-state index is 14.0. The molecule has 2 atom stereocenters. The molecule has 0 saturated carbocycles. The minimum Gasteiger partial charge on any atom is -0.347 e. The summed E-state index contributed by atoms with van der Waals surface area (Å²) in [5.41, 5.74) is 5.46. The first-order valence-corrected chi connectivity index (χ1v) is 11.9. The molecule has 0 saturated heterocycles. The number of nitriles is 1.